The standard InChI is InChI=1S/C18H18BrN3O4/c1-25-15-9-16(20-10-13(15)19)22-17(23)11-4-2-5-12(8-11)21-18(24)14-6-3-7-26-14/h2,4-5,8-10,14H,3,6-7H2,1H3,(H,21,24)(H,20,22,23)/t14-/m0/s1. The number of rotatable bonds is 5. The quantitative estimate of drug-likeness (QED) is 0.776. The summed E-state index contributed by atoms with van der Waals surface area (Å²) in [5.74, 6) is 0.395. The molecule has 0 aliphatic carbocycles. The first-order valence-electron chi connectivity index (χ1n) is 8.10. The lowest BCUT2D eigenvalue weighted by molar-refractivity contribution is -0.124. The summed E-state index contributed by atoms with van der Waals surface area (Å²) in [5.41, 5.74) is 0.943. The number of anilines is 2. The summed E-state index contributed by atoms with van der Waals surface area (Å²) in [4.78, 5) is 28.7. The van der Waals surface area contributed by atoms with E-state index in [9.17, 15) is 9.59 Å². The van der Waals surface area contributed by atoms with Gasteiger partial charge in [-0.25, -0.2) is 4.98 Å². The van der Waals surface area contributed by atoms with Crippen molar-refractivity contribution in [3.63, 3.8) is 0 Å². The molecule has 2 aromatic rings. The molecular formula is C18H18BrN3O4. The monoisotopic (exact) mass is 419 g/mol. The van der Waals surface area contributed by atoms with E-state index >= 15 is 0 Å². The van der Waals surface area contributed by atoms with Crippen LogP contribution >= 0.6 is 15.9 Å². The number of amides is 2. The Morgan fingerprint density at radius 3 is 2.88 bits per heavy atom. The molecule has 0 bridgehead atoms. The molecule has 136 valence electrons. The Kier molecular flexibility index (Phi) is 5.85. The minimum Gasteiger partial charge on any atom is -0.495 e. The first-order chi connectivity index (χ1) is 12.6. The maximum Gasteiger partial charge on any atom is 0.256 e. The first-order valence-corrected chi connectivity index (χ1v) is 8.89. The van der Waals surface area contributed by atoms with E-state index in [2.05, 4.69) is 31.5 Å². The number of halogens is 1. The predicted octanol–water partition coefficient (Wildman–Crippen LogP) is 3.22. The Hall–Kier alpha value is -2.45. The van der Waals surface area contributed by atoms with Gasteiger partial charge in [-0.3, -0.25) is 9.59 Å². The van der Waals surface area contributed by atoms with Crippen LogP contribution in [-0.4, -0.2) is 36.6 Å². The molecule has 1 aliphatic rings. The van der Waals surface area contributed by atoms with Gasteiger partial charge in [0, 0.05) is 30.1 Å². The summed E-state index contributed by atoms with van der Waals surface area (Å²) < 4.78 is 11.2. The van der Waals surface area contributed by atoms with Crippen LogP contribution in [0, 0.1) is 0 Å². The number of benzene rings is 1. The summed E-state index contributed by atoms with van der Waals surface area (Å²) in [6, 6.07) is 8.32. The molecule has 8 heteroatoms. The van der Waals surface area contributed by atoms with Crippen LogP contribution in [-0.2, 0) is 9.53 Å². The van der Waals surface area contributed by atoms with E-state index in [0.717, 1.165) is 6.42 Å². The van der Waals surface area contributed by atoms with Crippen LogP contribution in [0.5, 0.6) is 5.75 Å². The number of carbonyl (C=O) groups is 2. The number of carbonyl (C=O) groups excluding carboxylic acids is 2. The molecule has 3 rings (SSSR count). The number of methoxy groups -OCH3 is 1. The van der Waals surface area contributed by atoms with E-state index in [1.54, 1.807) is 36.5 Å². The highest BCUT2D eigenvalue weighted by Gasteiger charge is 2.23. The average Bonchev–Trinajstić information content (AvgIpc) is 3.18. The van der Waals surface area contributed by atoms with Crippen molar-refractivity contribution < 1.29 is 19.1 Å². The zero-order valence-electron chi connectivity index (χ0n) is 14.1. The van der Waals surface area contributed by atoms with E-state index in [4.69, 9.17) is 9.47 Å². The van der Waals surface area contributed by atoms with Crippen molar-refractivity contribution in [2.45, 2.75) is 18.9 Å². The van der Waals surface area contributed by atoms with Crippen LogP contribution in [0.1, 0.15) is 23.2 Å². The zero-order valence-corrected chi connectivity index (χ0v) is 15.7. The van der Waals surface area contributed by atoms with Gasteiger partial charge in [0.25, 0.3) is 11.8 Å². The number of pyridine rings is 1. The predicted molar refractivity (Wildman–Crippen MR) is 100 cm³/mol. The lowest BCUT2D eigenvalue weighted by Crippen LogP contribution is -2.27. The molecular weight excluding hydrogens is 402 g/mol. The molecule has 2 N–H and O–H groups in total. The highest BCUT2D eigenvalue weighted by molar-refractivity contribution is 9.10. The minimum absolute atomic E-state index is 0.195. The molecule has 0 spiro atoms. The lowest BCUT2D eigenvalue weighted by Gasteiger charge is -2.11. The Labute approximate surface area is 159 Å². The molecule has 0 unspecified atom stereocenters. The van der Waals surface area contributed by atoms with E-state index in [-0.39, 0.29) is 11.8 Å². The molecule has 1 saturated heterocycles. The smallest absolute Gasteiger partial charge is 0.256 e. The second kappa shape index (κ2) is 8.29. The van der Waals surface area contributed by atoms with Crippen LogP contribution < -0.4 is 15.4 Å². The molecule has 2 amide bonds. The van der Waals surface area contributed by atoms with Gasteiger partial charge in [-0.05, 0) is 47.0 Å². The molecule has 1 aromatic carbocycles. The van der Waals surface area contributed by atoms with Crippen LogP contribution in [0.25, 0.3) is 0 Å². The van der Waals surface area contributed by atoms with Gasteiger partial charge in [0.2, 0.25) is 0 Å². The molecule has 7 nitrogen and oxygen atoms in total. The van der Waals surface area contributed by atoms with Crippen molar-refractivity contribution in [3.05, 3.63) is 46.6 Å². The highest BCUT2D eigenvalue weighted by Crippen LogP contribution is 2.26. The van der Waals surface area contributed by atoms with E-state index in [0.29, 0.717) is 40.3 Å². The van der Waals surface area contributed by atoms with Crippen LogP contribution in [0.4, 0.5) is 11.5 Å². The Morgan fingerprint density at radius 2 is 2.15 bits per heavy atom. The second-order valence-electron chi connectivity index (χ2n) is 5.73. The summed E-state index contributed by atoms with van der Waals surface area (Å²) in [7, 11) is 1.53. The maximum absolute atomic E-state index is 12.5. The summed E-state index contributed by atoms with van der Waals surface area (Å²) in [6.07, 6.45) is 2.71. The SMILES string of the molecule is COc1cc(NC(=O)c2cccc(NC(=O)[C@@H]3CCCO3)c2)ncc1Br. The molecule has 1 atom stereocenters. The number of aromatic nitrogens is 1. The van der Waals surface area contributed by atoms with Crippen LogP contribution in [0.3, 0.4) is 0 Å². The van der Waals surface area contributed by atoms with Gasteiger partial charge >= 0.3 is 0 Å². The van der Waals surface area contributed by atoms with E-state index in [1.165, 1.54) is 7.11 Å². The number of nitrogens with one attached hydrogen (secondary N) is 2. The highest BCUT2D eigenvalue weighted by atomic mass is 79.9. The van der Waals surface area contributed by atoms with Gasteiger partial charge in [-0.1, -0.05) is 6.07 Å². The Morgan fingerprint density at radius 1 is 1.31 bits per heavy atom. The molecule has 2 heterocycles. The Bertz CT molecular complexity index is 822. The Balaban J connectivity index is 1.68. The summed E-state index contributed by atoms with van der Waals surface area (Å²) in [6.45, 7) is 0.601. The molecule has 1 fully saturated rings. The minimum atomic E-state index is -0.424. The maximum atomic E-state index is 12.5. The number of hydrogen-bond acceptors (Lipinski definition) is 5. The molecule has 1 aliphatic heterocycles. The van der Waals surface area contributed by atoms with Crippen molar-refractivity contribution in [2.75, 3.05) is 24.4 Å². The first kappa shape index (κ1) is 18.3. The number of ether oxygens (including phenoxy) is 2. The fourth-order valence-corrected chi connectivity index (χ4v) is 2.96. The topological polar surface area (TPSA) is 89.6 Å². The molecule has 0 saturated carbocycles. The number of hydrogen-bond donors (Lipinski definition) is 2. The van der Waals surface area contributed by atoms with Gasteiger partial charge < -0.3 is 20.1 Å². The average molecular weight is 420 g/mol. The second-order valence-corrected chi connectivity index (χ2v) is 6.58. The third-order valence-corrected chi connectivity index (χ3v) is 4.49. The van der Waals surface area contributed by atoms with Gasteiger partial charge in [-0.2, -0.15) is 0 Å². The van der Waals surface area contributed by atoms with Gasteiger partial charge in [0.15, 0.2) is 0 Å². The fourth-order valence-electron chi connectivity index (χ4n) is 2.58. The largest absolute Gasteiger partial charge is 0.495 e. The summed E-state index contributed by atoms with van der Waals surface area (Å²) >= 11 is 3.31. The third-order valence-electron chi connectivity index (χ3n) is 3.90. The van der Waals surface area contributed by atoms with Crippen LogP contribution in [0.15, 0.2) is 41.0 Å². The lowest BCUT2D eigenvalue weighted by atomic mass is 10.1. The molecule has 1 aromatic heterocycles. The molecule has 0 radical (unpaired) electrons. The number of nitrogens with zero attached hydrogens (tertiary/aromatic N) is 1. The normalized spacial score (nSPS) is 16.2. The van der Waals surface area contributed by atoms with Crippen molar-refractivity contribution in [3.8, 4) is 5.75 Å². The summed E-state index contributed by atoms with van der Waals surface area (Å²) in [5, 5.41) is 5.49. The van der Waals surface area contributed by atoms with Gasteiger partial charge in [0.05, 0.1) is 11.6 Å². The van der Waals surface area contributed by atoms with E-state index < -0.39 is 6.10 Å². The van der Waals surface area contributed by atoms with Crippen molar-refractivity contribution in [2.24, 2.45) is 0 Å². The van der Waals surface area contributed by atoms with Crippen LogP contribution in [0.2, 0.25) is 0 Å². The third kappa shape index (κ3) is 4.39. The van der Waals surface area contributed by atoms with Crippen molar-refractivity contribution in [1.29, 1.82) is 0 Å². The van der Waals surface area contributed by atoms with Gasteiger partial charge in [0.1, 0.15) is 17.7 Å². The van der Waals surface area contributed by atoms with Crippen molar-refractivity contribution in [1.82, 2.24) is 4.98 Å². The molecule has 26 heavy (non-hydrogen) atoms. The van der Waals surface area contributed by atoms with E-state index in [1.807, 2.05) is 0 Å². The van der Waals surface area contributed by atoms with Gasteiger partial charge in [-0.15, -0.1) is 0 Å². The zero-order chi connectivity index (χ0) is 18.5. The fraction of sp³-hybridized carbons (Fsp3) is 0.278. The van der Waals surface area contributed by atoms with Crippen molar-refractivity contribution >= 4 is 39.2 Å².